The highest BCUT2D eigenvalue weighted by Gasteiger charge is 2.48. The van der Waals surface area contributed by atoms with E-state index in [-0.39, 0.29) is 12.6 Å². The Morgan fingerprint density at radius 2 is 1.80 bits per heavy atom. The van der Waals surface area contributed by atoms with Crippen LogP contribution in [0.3, 0.4) is 0 Å². The molecule has 0 spiro atoms. The molecule has 0 saturated heterocycles. The first-order valence-electron chi connectivity index (χ1n) is 10.3. The Kier molecular flexibility index (Phi) is 6.25. The zero-order chi connectivity index (χ0) is 25.3. The maximum absolute atomic E-state index is 13.3. The summed E-state index contributed by atoms with van der Waals surface area (Å²) in [4.78, 5) is 54.4. The molecular weight excluding hydrogens is 476 g/mol. The van der Waals surface area contributed by atoms with Gasteiger partial charge in [0.15, 0.2) is 6.04 Å². The molecule has 2 unspecified atom stereocenters. The molecule has 0 saturated carbocycles. The number of carbonyl (C=O) groups excluding carboxylic acids is 2. The lowest BCUT2D eigenvalue weighted by atomic mass is 9.99. The van der Waals surface area contributed by atoms with E-state index in [1.165, 1.54) is 31.6 Å². The average Bonchev–Trinajstić information content (AvgIpc) is 3.17. The molecule has 0 bridgehead atoms. The third kappa shape index (κ3) is 4.32. The number of ether oxygens (including phenoxy) is 1. The van der Waals surface area contributed by atoms with E-state index in [9.17, 15) is 24.3 Å². The summed E-state index contributed by atoms with van der Waals surface area (Å²) in [5, 5.41) is 10.2. The van der Waals surface area contributed by atoms with Crippen molar-refractivity contribution in [2.75, 3.05) is 7.05 Å². The van der Waals surface area contributed by atoms with Crippen molar-refractivity contribution in [1.82, 2.24) is 14.0 Å². The molecule has 0 fully saturated rings. The molecule has 1 aromatic heterocycles. The maximum Gasteiger partial charge on any atom is 0.358 e. The van der Waals surface area contributed by atoms with Crippen LogP contribution < -0.4 is 20.5 Å². The number of Topliss-reactive ketones (excluding diaryl/α,β-unsaturated/α-hetero) is 1. The summed E-state index contributed by atoms with van der Waals surface area (Å²) < 4.78 is 6.15. The highest BCUT2D eigenvalue weighted by atomic mass is 35.5. The van der Waals surface area contributed by atoms with Crippen LogP contribution in [0.1, 0.15) is 27.7 Å². The van der Waals surface area contributed by atoms with E-state index in [1.54, 1.807) is 36.4 Å². The summed E-state index contributed by atoms with van der Waals surface area (Å²) in [5.41, 5.74) is 5.02. The van der Waals surface area contributed by atoms with Gasteiger partial charge in [0.05, 0.1) is 13.2 Å². The van der Waals surface area contributed by atoms with Crippen molar-refractivity contribution in [3.8, 4) is 5.75 Å². The van der Waals surface area contributed by atoms with Gasteiger partial charge in [0.1, 0.15) is 12.8 Å². The first-order valence-corrected chi connectivity index (χ1v) is 10.7. The van der Waals surface area contributed by atoms with Crippen molar-refractivity contribution in [2.24, 2.45) is 5.73 Å². The molecular formula is C24H20ClN4O6+. The van der Waals surface area contributed by atoms with Gasteiger partial charge < -0.3 is 15.6 Å². The number of benzene rings is 2. The Bertz CT molecular complexity index is 1420. The summed E-state index contributed by atoms with van der Waals surface area (Å²) in [5.74, 6) is -4.19. The largest absolute Gasteiger partial charge is 0.481 e. The predicted molar refractivity (Wildman–Crippen MR) is 128 cm³/mol. The molecule has 10 nitrogen and oxygen atoms in total. The normalized spacial score (nSPS) is 17.0. The quantitative estimate of drug-likeness (QED) is 0.361. The van der Waals surface area contributed by atoms with Crippen molar-refractivity contribution in [3.63, 3.8) is 0 Å². The average molecular weight is 496 g/mol. The van der Waals surface area contributed by atoms with Gasteiger partial charge in [0.2, 0.25) is 11.4 Å². The molecule has 3 aromatic rings. The maximum atomic E-state index is 13.3. The molecule has 178 valence electrons. The number of carboxylic acids is 1. The number of nitrogens with zero attached hydrogens (tertiary/aromatic N) is 3. The number of hydrogen-bond acceptors (Lipinski definition) is 6. The standard InChI is InChI=1S/C24H19ClN4O6/c1-29(18(19(30)21(26)31)15-7-9-16(25)10-8-15)12-11-28-22(32)20(17(23(33)34)27-24(28)29)35-13-14-5-3-2-4-6-14/h2-12,18H,13H2,1H3,(H2-,26,31,33,34)/p+1. The van der Waals surface area contributed by atoms with Crippen LogP contribution in [0.2, 0.25) is 5.02 Å². The van der Waals surface area contributed by atoms with Crippen molar-refractivity contribution < 1.29 is 24.2 Å². The molecule has 1 aliphatic rings. The fourth-order valence-electron chi connectivity index (χ4n) is 3.94. The van der Waals surface area contributed by atoms with Crippen LogP contribution in [-0.4, -0.2) is 39.4 Å². The van der Waals surface area contributed by atoms with Crippen molar-refractivity contribution in [1.29, 1.82) is 0 Å². The van der Waals surface area contributed by atoms with Crippen LogP contribution in [0.4, 0.5) is 5.95 Å². The minimum atomic E-state index is -1.49. The zero-order valence-corrected chi connectivity index (χ0v) is 19.2. The zero-order valence-electron chi connectivity index (χ0n) is 18.4. The number of ketones is 1. The van der Waals surface area contributed by atoms with E-state index in [2.05, 4.69) is 4.98 Å². The Labute approximate surface area is 204 Å². The summed E-state index contributed by atoms with van der Waals surface area (Å²) in [6.07, 6.45) is 2.80. The number of carbonyl (C=O) groups is 3. The number of likely N-dealkylation sites (N-methyl/N-ethyl adjacent to an activating group) is 1. The van der Waals surface area contributed by atoms with E-state index in [1.807, 2.05) is 6.07 Å². The second-order valence-electron chi connectivity index (χ2n) is 7.97. The van der Waals surface area contributed by atoms with Gasteiger partial charge in [-0.05, 0) is 17.7 Å². The lowest BCUT2D eigenvalue weighted by Crippen LogP contribution is -2.50. The highest BCUT2D eigenvalue weighted by Crippen LogP contribution is 2.38. The van der Waals surface area contributed by atoms with Crippen molar-refractivity contribution >= 4 is 41.4 Å². The van der Waals surface area contributed by atoms with E-state index in [0.717, 1.165) is 10.1 Å². The molecule has 0 aliphatic carbocycles. The number of fused-ring (bicyclic) bond motifs is 1. The molecule has 1 amide bonds. The number of quaternary nitrogens is 1. The second kappa shape index (κ2) is 9.16. The van der Waals surface area contributed by atoms with E-state index < -0.39 is 45.2 Å². The van der Waals surface area contributed by atoms with Gasteiger partial charge in [-0.15, -0.1) is 0 Å². The van der Waals surface area contributed by atoms with Gasteiger partial charge >= 0.3 is 17.5 Å². The number of hydrogen-bond donors (Lipinski definition) is 2. The third-order valence-corrected chi connectivity index (χ3v) is 5.91. The number of nitrogens with two attached hydrogens (primary N) is 1. The molecule has 11 heteroatoms. The molecule has 1 aliphatic heterocycles. The lowest BCUT2D eigenvalue weighted by Gasteiger charge is -2.32. The van der Waals surface area contributed by atoms with Crippen molar-refractivity contribution in [2.45, 2.75) is 12.6 Å². The topological polar surface area (TPSA) is 142 Å². The first-order chi connectivity index (χ1) is 16.6. The van der Waals surface area contributed by atoms with Crippen molar-refractivity contribution in [3.05, 3.63) is 93.0 Å². The number of halogens is 1. The van der Waals surface area contributed by atoms with E-state index in [0.29, 0.717) is 10.6 Å². The van der Waals surface area contributed by atoms with Crippen LogP contribution in [-0.2, 0) is 16.2 Å². The summed E-state index contributed by atoms with van der Waals surface area (Å²) in [6.45, 7) is -0.0548. The summed E-state index contributed by atoms with van der Waals surface area (Å²) in [6, 6.07) is 13.8. The predicted octanol–water partition coefficient (Wildman–Crippen LogP) is 2.35. The molecule has 0 radical (unpaired) electrons. The Balaban J connectivity index is 1.85. The van der Waals surface area contributed by atoms with Gasteiger partial charge in [-0.1, -0.05) is 54.1 Å². The van der Waals surface area contributed by atoms with Gasteiger partial charge in [-0.2, -0.15) is 4.98 Å². The minimum absolute atomic E-state index is 0.0548. The number of aromatic carboxylic acids is 1. The van der Waals surface area contributed by atoms with E-state index >= 15 is 0 Å². The molecule has 2 heterocycles. The van der Waals surface area contributed by atoms with Crippen LogP contribution in [0.15, 0.2) is 65.6 Å². The monoisotopic (exact) mass is 495 g/mol. The number of primary amides is 1. The molecule has 2 atom stereocenters. The van der Waals surface area contributed by atoms with Gasteiger partial charge in [0.25, 0.3) is 11.7 Å². The lowest BCUT2D eigenvalue weighted by molar-refractivity contribution is -0.138. The van der Waals surface area contributed by atoms with Crippen LogP contribution in [0.25, 0.3) is 6.20 Å². The Hall–Kier alpha value is -4.28. The smallest absolute Gasteiger partial charge is 0.358 e. The molecule has 4 rings (SSSR count). The van der Waals surface area contributed by atoms with Crippen LogP contribution >= 0.6 is 11.6 Å². The fraction of sp³-hybridized carbons (Fsp3) is 0.125. The Morgan fingerprint density at radius 3 is 2.40 bits per heavy atom. The fourth-order valence-corrected chi connectivity index (χ4v) is 4.07. The summed E-state index contributed by atoms with van der Waals surface area (Å²) >= 11 is 5.97. The SMILES string of the molecule is C[N+]1(C(C(=O)C(N)=O)c2ccc(Cl)cc2)C=Cn2c1nc(C(=O)O)c(OCc1ccccc1)c2=O. The number of amides is 1. The van der Waals surface area contributed by atoms with Gasteiger partial charge in [-0.3, -0.25) is 14.4 Å². The van der Waals surface area contributed by atoms with Gasteiger partial charge in [0, 0.05) is 10.6 Å². The first kappa shape index (κ1) is 23.9. The highest BCUT2D eigenvalue weighted by molar-refractivity contribution is 6.38. The molecule has 3 N–H and O–H groups in total. The number of rotatable bonds is 8. The minimum Gasteiger partial charge on any atom is -0.481 e. The second-order valence-corrected chi connectivity index (χ2v) is 8.41. The number of aromatic nitrogens is 2. The third-order valence-electron chi connectivity index (χ3n) is 5.65. The molecule has 35 heavy (non-hydrogen) atoms. The van der Waals surface area contributed by atoms with Gasteiger partial charge in [-0.25, -0.2) is 13.8 Å². The van der Waals surface area contributed by atoms with E-state index in [4.69, 9.17) is 22.1 Å². The Morgan fingerprint density at radius 1 is 1.14 bits per heavy atom. The number of carboxylic acid groups (broad SMARTS) is 1. The van der Waals surface area contributed by atoms with Crippen LogP contribution in [0.5, 0.6) is 5.75 Å². The van der Waals surface area contributed by atoms with Crippen LogP contribution in [0, 0.1) is 0 Å². The molecule has 2 aromatic carbocycles. The summed E-state index contributed by atoms with van der Waals surface area (Å²) in [7, 11) is 1.51.